The molecule has 6 heteroatoms. The standard InChI is InChI=1S/C19H24N4O2/c1-2-17(24)23(21)16-11-14-10-13(19(20)25)8-9-15(14)18(22-16)12-6-4-3-5-7-12/h8-12H,2-7,21H2,1H3,(H2,20,25). The Morgan fingerprint density at radius 3 is 2.56 bits per heavy atom. The molecule has 0 aliphatic heterocycles. The lowest BCUT2D eigenvalue weighted by atomic mass is 9.85. The van der Waals surface area contributed by atoms with Crippen LogP contribution >= 0.6 is 0 Å². The van der Waals surface area contributed by atoms with E-state index in [1.165, 1.54) is 19.3 Å². The Morgan fingerprint density at radius 1 is 1.20 bits per heavy atom. The molecule has 132 valence electrons. The molecule has 0 spiro atoms. The van der Waals surface area contributed by atoms with E-state index in [0.717, 1.165) is 34.3 Å². The first-order chi connectivity index (χ1) is 12.0. The monoisotopic (exact) mass is 340 g/mol. The maximum absolute atomic E-state index is 12.0. The van der Waals surface area contributed by atoms with Crippen LogP contribution in [0.2, 0.25) is 0 Å². The minimum absolute atomic E-state index is 0.201. The molecule has 1 aliphatic rings. The highest BCUT2D eigenvalue weighted by atomic mass is 16.2. The second-order valence-corrected chi connectivity index (χ2v) is 6.62. The highest BCUT2D eigenvalue weighted by Crippen LogP contribution is 2.36. The molecule has 0 bridgehead atoms. The van der Waals surface area contributed by atoms with Crippen LogP contribution in [0.25, 0.3) is 10.8 Å². The van der Waals surface area contributed by atoms with Gasteiger partial charge in [-0.2, -0.15) is 0 Å². The number of amides is 2. The van der Waals surface area contributed by atoms with Crippen LogP contribution in [-0.4, -0.2) is 16.8 Å². The molecule has 1 aromatic heterocycles. The van der Waals surface area contributed by atoms with Gasteiger partial charge in [-0.05, 0) is 36.4 Å². The summed E-state index contributed by atoms with van der Waals surface area (Å²) in [6.45, 7) is 1.76. The number of hydrazine groups is 1. The summed E-state index contributed by atoms with van der Waals surface area (Å²) < 4.78 is 0. The molecule has 1 saturated carbocycles. The maximum atomic E-state index is 12.0. The van der Waals surface area contributed by atoms with Gasteiger partial charge in [0.05, 0.1) is 5.69 Å². The van der Waals surface area contributed by atoms with Crippen molar-refractivity contribution in [1.29, 1.82) is 0 Å². The van der Waals surface area contributed by atoms with E-state index in [1.54, 1.807) is 25.1 Å². The van der Waals surface area contributed by atoms with Crippen molar-refractivity contribution in [3.63, 3.8) is 0 Å². The topological polar surface area (TPSA) is 102 Å². The number of anilines is 1. The number of nitrogens with two attached hydrogens (primary N) is 2. The molecule has 1 aromatic carbocycles. The normalized spacial score (nSPS) is 15.3. The average molecular weight is 340 g/mol. The molecule has 1 aliphatic carbocycles. The van der Waals surface area contributed by atoms with Gasteiger partial charge in [-0.1, -0.05) is 32.3 Å². The number of carbonyl (C=O) groups is 2. The van der Waals surface area contributed by atoms with Crippen molar-refractivity contribution in [3.8, 4) is 0 Å². The molecule has 6 nitrogen and oxygen atoms in total. The van der Waals surface area contributed by atoms with Crippen molar-refractivity contribution >= 4 is 28.4 Å². The van der Waals surface area contributed by atoms with Crippen molar-refractivity contribution in [1.82, 2.24) is 4.98 Å². The Hall–Kier alpha value is -2.47. The summed E-state index contributed by atoms with van der Waals surface area (Å²) in [5, 5.41) is 2.93. The first kappa shape index (κ1) is 17.4. The van der Waals surface area contributed by atoms with Gasteiger partial charge in [-0.15, -0.1) is 0 Å². The molecule has 1 fully saturated rings. The molecule has 1 heterocycles. The van der Waals surface area contributed by atoms with Gasteiger partial charge in [0.2, 0.25) is 11.8 Å². The fourth-order valence-corrected chi connectivity index (χ4v) is 3.53. The fourth-order valence-electron chi connectivity index (χ4n) is 3.53. The van der Waals surface area contributed by atoms with E-state index in [1.807, 2.05) is 6.07 Å². The molecule has 3 rings (SSSR count). The van der Waals surface area contributed by atoms with Crippen LogP contribution in [-0.2, 0) is 4.79 Å². The number of hydrogen-bond donors (Lipinski definition) is 2. The Labute approximate surface area is 147 Å². The van der Waals surface area contributed by atoms with Gasteiger partial charge in [0, 0.05) is 23.3 Å². The lowest BCUT2D eigenvalue weighted by Crippen LogP contribution is -2.37. The lowest BCUT2D eigenvalue weighted by molar-refractivity contribution is -0.118. The zero-order chi connectivity index (χ0) is 18.0. The summed E-state index contributed by atoms with van der Waals surface area (Å²) in [5.74, 6) is 6.05. The third-order valence-corrected chi connectivity index (χ3v) is 4.94. The van der Waals surface area contributed by atoms with E-state index >= 15 is 0 Å². The predicted molar refractivity (Wildman–Crippen MR) is 98.1 cm³/mol. The van der Waals surface area contributed by atoms with Gasteiger partial charge in [0.15, 0.2) is 5.82 Å². The van der Waals surface area contributed by atoms with Gasteiger partial charge in [-0.25, -0.2) is 15.8 Å². The van der Waals surface area contributed by atoms with Crippen molar-refractivity contribution < 1.29 is 9.59 Å². The second-order valence-electron chi connectivity index (χ2n) is 6.62. The van der Waals surface area contributed by atoms with Crippen molar-refractivity contribution in [2.45, 2.75) is 51.4 Å². The smallest absolute Gasteiger partial charge is 0.248 e. The SMILES string of the molecule is CCC(=O)N(N)c1cc2cc(C(N)=O)ccc2c(C2CCCCC2)n1. The van der Waals surface area contributed by atoms with Gasteiger partial charge in [0.25, 0.3) is 0 Å². The third-order valence-electron chi connectivity index (χ3n) is 4.94. The maximum Gasteiger partial charge on any atom is 0.248 e. The predicted octanol–water partition coefficient (Wildman–Crippen LogP) is 3.00. The number of benzene rings is 1. The summed E-state index contributed by atoms with van der Waals surface area (Å²) in [6, 6.07) is 7.13. The van der Waals surface area contributed by atoms with E-state index in [4.69, 9.17) is 16.6 Å². The molecule has 2 aromatic rings. The third kappa shape index (κ3) is 3.49. The summed E-state index contributed by atoms with van der Waals surface area (Å²) >= 11 is 0. The highest BCUT2D eigenvalue weighted by Gasteiger charge is 2.22. The number of pyridine rings is 1. The van der Waals surface area contributed by atoms with Crippen LogP contribution in [0.3, 0.4) is 0 Å². The fraction of sp³-hybridized carbons (Fsp3) is 0.421. The van der Waals surface area contributed by atoms with Crippen molar-refractivity contribution in [3.05, 3.63) is 35.5 Å². The number of carbonyl (C=O) groups excluding carboxylic acids is 2. The van der Waals surface area contributed by atoms with Crippen LogP contribution < -0.4 is 16.6 Å². The zero-order valence-corrected chi connectivity index (χ0v) is 14.5. The number of fused-ring (bicyclic) bond motifs is 1. The van der Waals surface area contributed by atoms with Gasteiger partial charge >= 0.3 is 0 Å². The Bertz CT molecular complexity index is 812. The number of nitrogens with zero attached hydrogens (tertiary/aromatic N) is 2. The quantitative estimate of drug-likeness (QED) is 0.507. The average Bonchev–Trinajstić information content (AvgIpc) is 2.65. The second kappa shape index (κ2) is 7.19. The van der Waals surface area contributed by atoms with E-state index in [9.17, 15) is 9.59 Å². The number of rotatable bonds is 4. The van der Waals surface area contributed by atoms with Crippen molar-refractivity contribution in [2.24, 2.45) is 11.6 Å². The summed E-state index contributed by atoms with van der Waals surface area (Å²) in [4.78, 5) is 28.3. The molecule has 4 N–H and O–H groups in total. The molecule has 25 heavy (non-hydrogen) atoms. The molecular formula is C19H24N4O2. The molecule has 0 atom stereocenters. The molecular weight excluding hydrogens is 316 g/mol. The van der Waals surface area contributed by atoms with Gasteiger partial charge < -0.3 is 5.73 Å². The first-order valence-electron chi connectivity index (χ1n) is 8.83. The van der Waals surface area contributed by atoms with E-state index in [2.05, 4.69) is 0 Å². The van der Waals surface area contributed by atoms with Gasteiger partial charge in [-0.3, -0.25) is 9.59 Å². The summed E-state index contributed by atoms with van der Waals surface area (Å²) in [6.07, 6.45) is 6.06. The summed E-state index contributed by atoms with van der Waals surface area (Å²) in [7, 11) is 0. The van der Waals surface area contributed by atoms with E-state index in [-0.39, 0.29) is 5.91 Å². The Kier molecular flexibility index (Phi) is 4.99. The number of hydrogen-bond acceptors (Lipinski definition) is 4. The van der Waals surface area contributed by atoms with Crippen molar-refractivity contribution in [2.75, 3.05) is 5.01 Å². The lowest BCUT2D eigenvalue weighted by Gasteiger charge is -2.24. The first-order valence-corrected chi connectivity index (χ1v) is 8.83. The molecule has 0 radical (unpaired) electrons. The van der Waals surface area contributed by atoms with Crippen LogP contribution in [0.1, 0.15) is 67.4 Å². The summed E-state index contributed by atoms with van der Waals surface area (Å²) in [5.41, 5.74) is 6.81. The van der Waals surface area contributed by atoms with Crippen LogP contribution in [0.4, 0.5) is 5.82 Å². The highest BCUT2D eigenvalue weighted by molar-refractivity contribution is 6.00. The van der Waals surface area contributed by atoms with E-state index in [0.29, 0.717) is 23.7 Å². The minimum Gasteiger partial charge on any atom is -0.366 e. The minimum atomic E-state index is -0.478. The van der Waals surface area contributed by atoms with Gasteiger partial charge in [0.1, 0.15) is 0 Å². The van der Waals surface area contributed by atoms with E-state index < -0.39 is 5.91 Å². The molecule has 0 unspecified atom stereocenters. The zero-order valence-electron chi connectivity index (χ0n) is 14.5. The molecule has 2 amide bonds. The van der Waals surface area contributed by atoms with Crippen LogP contribution in [0.5, 0.6) is 0 Å². The van der Waals surface area contributed by atoms with Crippen LogP contribution in [0, 0.1) is 0 Å². The number of primary amides is 1. The molecule has 0 saturated heterocycles. The Balaban J connectivity index is 2.16. The largest absolute Gasteiger partial charge is 0.366 e. The number of aromatic nitrogens is 1. The van der Waals surface area contributed by atoms with Crippen LogP contribution in [0.15, 0.2) is 24.3 Å². The Morgan fingerprint density at radius 2 is 1.92 bits per heavy atom.